The van der Waals surface area contributed by atoms with Gasteiger partial charge in [0.1, 0.15) is 11.5 Å². The minimum atomic E-state index is -0.527. The van der Waals surface area contributed by atoms with Crippen molar-refractivity contribution in [2.45, 2.75) is 0 Å². The summed E-state index contributed by atoms with van der Waals surface area (Å²) < 4.78 is 14.1. The number of hydrogen-bond donors (Lipinski definition) is 3. The molecule has 2 aromatic heterocycles. The third-order valence-corrected chi connectivity index (χ3v) is 3.26. The van der Waals surface area contributed by atoms with Crippen molar-refractivity contribution in [3.8, 4) is 22.5 Å². The maximum absolute atomic E-state index is 14.1. The van der Waals surface area contributed by atoms with E-state index in [1.54, 1.807) is 6.07 Å². The van der Waals surface area contributed by atoms with Gasteiger partial charge in [-0.1, -0.05) is 17.7 Å². The predicted molar refractivity (Wildman–Crippen MR) is 77.3 cm³/mol. The molecule has 6 nitrogen and oxygen atoms in total. The smallest absolute Gasteiger partial charge is 0.264 e. The molecule has 0 saturated carbocycles. The predicted octanol–water partition coefficient (Wildman–Crippen LogP) is 2.20. The van der Waals surface area contributed by atoms with Crippen LogP contribution in [-0.2, 0) is 0 Å². The number of nitrogens with zero attached hydrogens (tertiary/aromatic N) is 2. The first kappa shape index (κ1) is 13.3. The van der Waals surface area contributed by atoms with Crippen LogP contribution in [0.15, 0.2) is 35.1 Å². The van der Waals surface area contributed by atoms with Gasteiger partial charge in [0.25, 0.3) is 5.56 Å². The van der Waals surface area contributed by atoms with Crippen molar-refractivity contribution in [3.63, 3.8) is 0 Å². The Morgan fingerprint density at radius 2 is 1.90 bits per heavy atom. The molecule has 0 amide bonds. The maximum Gasteiger partial charge on any atom is 0.264 e. The van der Waals surface area contributed by atoms with Gasteiger partial charge in [0.15, 0.2) is 5.82 Å². The summed E-state index contributed by atoms with van der Waals surface area (Å²) in [5, 5.41) is 12.9. The summed E-state index contributed by atoms with van der Waals surface area (Å²) in [5.41, 5.74) is 6.64. The Labute approximate surface area is 122 Å². The highest BCUT2D eigenvalue weighted by molar-refractivity contribution is 6.33. The van der Waals surface area contributed by atoms with Gasteiger partial charge in [-0.3, -0.25) is 9.89 Å². The van der Waals surface area contributed by atoms with E-state index in [4.69, 9.17) is 17.3 Å². The Balaban J connectivity index is 2.27. The van der Waals surface area contributed by atoms with Gasteiger partial charge in [-0.25, -0.2) is 9.49 Å². The first-order valence-electron chi connectivity index (χ1n) is 5.92. The number of nitrogen functional groups attached to an aromatic ring is 1. The fraction of sp³-hybridized carbons (Fsp3) is 0. The second kappa shape index (κ2) is 5.02. The van der Waals surface area contributed by atoms with Crippen molar-refractivity contribution in [3.05, 3.63) is 51.5 Å². The summed E-state index contributed by atoms with van der Waals surface area (Å²) >= 11 is 6.06. The van der Waals surface area contributed by atoms with Crippen LogP contribution in [0, 0.1) is 5.82 Å². The maximum atomic E-state index is 14.1. The van der Waals surface area contributed by atoms with Crippen molar-refractivity contribution in [1.82, 2.24) is 20.4 Å². The molecule has 1 aromatic carbocycles. The van der Waals surface area contributed by atoms with Crippen LogP contribution in [0.25, 0.3) is 22.5 Å². The van der Waals surface area contributed by atoms with Crippen LogP contribution in [0.4, 0.5) is 10.2 Å². The number of nitrogens with two attached hydrogens (primary N) is 1. The van der Waals surface area contributed by atoms with Crippen molar-refractivity contribution >= 4 is 17.4 Å². The third kappa shape index (κ3) is 2.27. The zero-order valence-electron chi connectivity index (χ0n) is 10.5. The molecule has 0 radical (unpaired) electrons. The number of aromatic nitrogens is 4. The van der Waals surface area contributed by atoms with Crippen LogP contribution in [0.2, 0.25) is 5.02 Å². The van der Waals surface area contributed by atoms with Crippen molar-refractivity contribution in [1.29, 1.82) is 0 Å². The number of rotatable bonds is 2. The Kier molecular flexibility index (Phi) is 3.19. The largest absolute Gasteiger partial charge is 0.382 e. The lowest BCUT2D eigenvalue weighted by Crippen LogP contribution is -2.06. The minimum Gasteiger partial charge on any atom is -0.382 e. The molecule has 3 aromatic rings. The van der Waals surface area contributed by atoms with Crippen molar-refractivity contribution in [2.75, 3.05) is 5.73 Å². The minimum absolute atomic E-state index is 0.0880. The number of nitrogens with one attached hydrogen (secondary N) is 2. The standard InChI is InChI=1S/C13H9ClFN5O/c14-6-2-1-3-7(15)10(6)11-12(19-20-13(11)16)8-4-5-9(21)18-17-8/h1-5H,(H,18,21)(H3,16,19,20). The average molecular weight is 306 g/mol. The Morgan fingerprint density at radius 3 is 2.57 bits per heavy atom. The van der Waals surface area contributed by atoms with Crippen LogP contribution in [0.1, 0.15) is 0 Å². The summed E-state index contributed by atoms with van der Waals surface area (Å²) in [6, 6.07) is 7.10. The summed E-state index contributed by atoms with van der Waals surface area (Å²) in [7, 11) is 0. The van der Waals surface area contributed by atoms with Gasteiger partial charge in [0.05, 0.1) is 16.3 Å². The fourth-order valence-electron chi connectivity index (χ4n) is 2.01. The highest BCUT2D eigenvalue weighted by Gasteiger charge is 2.21. The van der Waals surface area contributed by atoms with E-state index < -0.39 is 5.82 Å². The molecule has 21 heavy (non-hydrogen) atoms. The van der Waals surface area contributed by atoms with Gasteiger partial charge < -0.3 is 5.73 Å². The van der Waals surface area contributed by atoms with E-state index in [2.05, 4.69) is 20.4 Å². The van der Waals surface area contributed by atoms with Crippen LogP contribution in [-0.4, -0.2) is 20.4 Å². The number of aromatic amines is 2. The number of H-pyrrole nitrogens is 2. The molecule has 3 rings (SSSR count). The highest BCUT2D eigenvalue weighted by atomic mass is 35.5. The topological polar surface area (TPSA) is 100 Å². The Morgan fingerprint density at radius 1 is 1.10 bits per heavy atom. The quantitative estimate of drug-likeness (QED) is 0.675. The molecule has 0 unspecified atom stereocenters. The van der Waals surface area contributed by atoms with Gasteiger partial charge in [0.2, 0.25) is 0 Å². The molecule has 0 fully saturated rings. The molecule has 106 valence electrons. The summed E-state index contributed by atoms with van der Waals surface area (Å²) in [5.74, 6) is -0.439. The average Bonchev–Trinajstić information content (AvgIpc) is 2.82. The molecule has 0 aliphatic carbocycles. The molecule has 2 heterocycles. The first-order valence-corrected chi connectivity index (χ1v) is 6.30. The van der Waals surface area contributed by atoms with Crippen LogP contribution in [0.5, 0.6) is 0 Å². The zero-order valence-corrected chi connectivity index (χ0v) is 11.3. The van der Waals surface area contributed by atoms with E-state index in [1.165, 1.54) is 24.3 Å². The van der Waals surface area contributed by atoms with E-state index in [1.807, 2.05) is 0 Å². The van der Waals surface area contributed by atoms with Crippen LogP contribution < -0.4 is 11.3 Å². The molecular weight excluding hydrogens is 297 g/mol. The lowest BCUT2D eigenvalue weighted by molar-refractivity contribution is 0.631. The van der Waals surface area contributed by atoms with E-state index in [0.717, 1.165) is 0 Å². The molecule has 0 saturated heterocycles. The fourth-order valence-corrected chi connectivity index (χ4v) is 2.27. The number of hydrogen-bond acceptors (Lipinski definition) is 4. The third-order valence-electron chi connectivity index (χ3n) is 2.94. The molecule has 0 aliphatic heterocycles. The van der Waals surface area contributed by atoms with Gasteiger partial charge >= 0.3 is 0 Å². The van der Waals surface area contributed by atoms with E-state index in [0.29, 0.717) is 17.0 Å². The number of halogens is 2. The molecular formula is C13H9ClFN5O. The first-order chi connectivity index (χ1) is 10.1. The Hall–Kier alpha value is -2.67. The molecule has 0 aliphatic rings. The number of anilines is 1. The molecule has 4 N–H and O–H groups in total. The van der Waals surface area contributed by atoms with Crippen molar-refractivity contribution in [2.24, 2.45) is 0 Å². The monoisotopic (exact) mass is 305 g/mol. The van der Waals surface area contributed by atoms with Crippen LogP contribution >= 0.6 is 11.6 Å². The van der Waals surface area contributed by atoms with Gasteiger partial charge in [-0.15, -0.1) is 0 Å². The van der Waals surface area contributed by atoms with E-state index in [9.17, 15) is 9.18 Å². The van der Waals surface area contributed by atoms with Gasteiger partial charge in [-0.2, -0.15) is 10.2 Å². The lowest BCUT2D eigenvalue weighted by atomic mass is 10.0. The normalized spacial score (nSPS) is 10.8. The van der Waals surface area contributed by atoms with Crippen LogP contribution in [0.3, 0.4) is 0 Å². The molecule has 8 heteroatoms. The summed E-state index contributed by atoms with van der Waals surface area (Å²) in [6.07, 6.45) is 0. The number of benzene rings is 1. The summed E-state index contributed by atoms with van der Waals surface area (Å²) in [6.45, 7) is 0. The van der Waals surface area contributed by atoms with Crippen molar-refractivity contribution < 1.29 is 4.39 Å². The van der Waals surface area contributed by atoms with Gasteiger partial charge in [0, 0.05) is 11.6 Å². The second-order valence-electron chi connectivity index (χ2n) is 4.26. The second-order valence-corrected chi connectivity index (χ2v) is 4.67. The van der Waals surface area contributed by atoms with E-state index >= 15 is 0 Å². The molecule has 0 bridgehead atoms. The van der Waals surface area contributed by atoms with E-state index in [-0.39, 0.29) is 22.0 Å². The highest BCUT2D eigenvalue weighted by Crippen LogP contribution is 2.38. The SMILES string of the molecule is Nc1n[nH]c(-c2ccc(=O)[nH]n2)c1-c1c(F)cccc1Cl. The Bertz CT molecular complexity index is 832. The molecule has 0 atom stereocenters. The molecule has 0 spiro atoms. The van der Waals surface area contributed by atoms with Gasteiger partial charge in [-0.05, 0) is 18.2 Å². The zero-order chi connectivity index (χ0) is 15.0. The summed E-state index contributed by atoms with van der Waals surface area (Å²) in [4.78, 5) is 11.1. The lowest BCUT2D eigenvalue weighted by Gasteiger charge is -2.07.